The summed E-state index contributed by atoms with van der Waals surface area (Å²) in [7, 11) is 0. The van der Waals surface area contributed by atoms with E-state index < -0.39 is 0 Å². The maximum Gasteiger partial charge on any atom is 0.271 e. The fraction of sp³-hybridized carbons (Fsp3) is 0.643. The molecule has 104 valence electrons. The number of carbonyl (C=O) groups excluding carboxylic acids is 1. The molecule has 1 aliphatic rings. The summed E-state index contributed by atoms with van der Waals surface area (Å²) in [5.74, 6) is 0.526. The Morgan fingerprint density at radius 1 is 1.37 bits per heavy atom. The van der Waals surface area contributed by atoms with Gasteiger partial charge in [0.25, 0.3) is 5.91 Å². The van der Waals surface area contributed by atoms with Gasteiger partial charge in [-0.05, 0) is 31.1 Å². The number of hydrogen-bond acceptors (Lipinski definition) is 4. The summed E-state index contributed by atoms with van der Waals surface area (Å²) in [5.41, 5.74) is 0.731. The summed E-state index contributed by atoms with van der Waals surface area (Å²) in [6, 6.07) is 0. The highest BCUT2D eigenvalue weighted by Crippen LogP contribution is 2.47. The quantitative estimate of drug-likeness (QED) is 0.790. The molecular formula is C14H22N4O. The molecule has 1 saturated carbocycles. The fourth-order valence-electron chi connectivity index (χ4n) is 2.00. The van der Waals surface area contributed by atoms with Crippen LogP contribution in [0.3, 0.4) is 0 Å². The van der Waals surface area contributed by atoms with Crippen molar-refractivity contribution in [2.45, 2.75) is 39.5 Å². The molecule has 2 rings (SSSR count). The van der Waals surface area contributed by atoms with Crippen molar-refractivity contribution in [3.05, 3.63) is 18.1 Å². The van der Waals surface area contributed by atoms with Gasteiger partial charge in [0.1, 0.15) is 11.5 Å². The van der Waals surface area contributed by atoms with Gasteiger partial charge in [0, 0.05) is 13.1 Å². The second-order valence-corrected chi connectivity index (χ2v) is 5.25. The number of rotatable bonds is 7. The van der Waals surface area contributed by atoms with Crippen molar-refractivity contribution in [3.63, 3.8) is 0 Å². The molecular weight excluding hydrogens is 240 g/mol. The normalized spacial score (nSPS) is 15.9. The van der Waals surface area contributed by atoms with Crippen LogP contribution in [0.4, 0.5) is 5.82 Å². The monoisotopic (exact) mass is 262 g/mol. The van der Waals surface area contributed by atoms with Gasteiger partial charge in [-0.25, -0.2) is 4.98 Å². The van der Waals surface area contributed by atoms with E-state index >= 15 is 0 Å². The third kappa shape index (κ3) is 3.66. The first-order valence-corrected chi connectivity index (χ1v) is 7.03. The molecule has 0 bridgehead atoms. The van der Waals surface area contributed by atoms with Gasteiger partial charge >= 0.3 is 0 Å². The smallest absolute Gasteiger partial charge is 0.271 e. The lowest BCUT2D eigenvalue weighted by Crippen LogP contribution is -2.30. The zero-order valence-corrected chi connectivity index (χ0v) is 11.7. The number of carbonyl (C=O) groups is 1. The highest BCUT2D eigenvalue weighted by Gasteiger charge is 2.40. The number of hydrogen-bond donors (Lipinski definition) is 2. The van der Waals surface area contributed by atoms with E-state index in [0.29, 0.717) is 16.9 Å². The van der Waals surface area contributed by atoms with Crippen molar-refractivity contribution >= 4 is 11.7 Å². The number of nitrogens with one attached hydrogen (secondary N) is 2. The Labute approximate surface area is 114 Å². The van der Waals surface area contributed by atoms with Gasteiger partial charge in [0.05, 0.1) is 12.4 Å². The van der Waals surface area contributed by atoms with Crippen molar-refractivity contribution in [1.82, 2.24) is 15.3 Å². The highest BCUT2D eigenvalue weighted by atomic mass is 16.1. The molecule has 0 aromatic carbocycles. The van der Waals surface area contributed by atoms with Gasteiger partial charge in [-0.2, -0.15) is 0 Å². The molecule has 0 unspecified atom stereocenters. The maximum absolute atomic E-state index is 12.0. The summed E-state index contributed by atoms with van der Waals surface area (Å²) in [4.78, 5) is 20.3. The van der Waals surface area contributed by atoms with Crippen LogP contribution in [0.25, 0.3) is 0 Å². The molecule has 1 aromatic heterocycles. The molecule has 5 heteroatoms. The van der Waals surface area contributed by atoms with Gasteiger partial charge in [0.15, 0.2) is 0 Å². The molecule has 2 N–H and O–H groups in total. The molecule has 1 aromatic rings. The summed E-state index contributed by atoms with van der Waals surface area (Å²) >= 11 is 0. The Balaban J connectivity index is 1.91. The number of nitrogens with zero attached hydrogens (tertiary/aromatic N) is 2. The minimum Gasteiger partial charge on any atom is -0.369 e. The van der Waals surface area contributed by atoms with E-state index in [4.69, 9.17) is 0 Å². The third-order valence-electron chi connectivity index (χ3n) is 3.75. The lowest BCUT2D eigenvalue weighted by atomic mass is 10.0. The predicted octanol–water partition coefficient (Wildman–Crippen LogP) is 2.22. The summed E-state index contributed by atoms with van der Waals surface area (Å²) < 4.78 is 0. The summed E-state index contributed by atoms with van der Waals surface area (Å²) in [5, 5.41) is 6.10. The van der Waals surface area contributed by atoms with Gasteiger partial charge in [-0.1, -0.05) is 13.8 Å². The Morgan fingerprint density at radius 3 is 2.79 bits per heavy atom. The van der Waals surface area contributed by atoms with E-state index in [0.717, 1.165) is 25.9 Å². The lowest BCUT2D eigenvalue weighted by molar-refractivity contribution is 0.0939. The van der Waals surface area contributed by atoms with Crippen LogP contribution in [-0.2, 0) is 0 Å². The van der Waals surface area contributed by atoms with Crippen molar-refractivity contribution in [3.8, 4) is 0 Å². The SMILES string of the molecule is CCCNc1cncc(C(=O)NCC2(CC)CC2)n1. The van der Waals surface area contributed by atoms with Gasteiger partial charge < -0.3 is 10.6 Å². The standard InChI is InChI=1S/C14H22N4O/c1-3-7-16-12-9-15-8-11(18-12)13(19)17-10-14(4-2)5-6-14/h8-9H,3-7,10H2,1-2H3,(H,16,18)(H,17,19). The van der Waals surface area contributed by atoms with Crippen molar-refractivity contribution in [2.75, 3.05) is 18.4 Å². The average Bonchev–Trinajstić information content (AvgIpc) is 3.23. The zero-order chi connectivity index (χ0) is 13.7. The van der Waals surface area contributed by atoms with Crippen LogP contribution in [0.5, 0.6) is 0 Å². The van der Waals surface area contributed by atoms with E-state index in [1.807, 2.05) is 0 Å². The molecule has 1 heterocycles. The Bertz CT molecular complexity index is 443. The highest BCUT2D eigenvalue weighted by molar-refractivity contribution is 5.92. The topological polar surface area (TPSA) is 66.9 Å². The minimum absolute atomic E-state index is 0.132. The Morgan fingerprint density at radius 2 is 2.16 bits per heavy atom. The van der Waals surface area contributed by atoms with Crippen LogP contribution in [0, 0.1) is 5.41 Å². The van der Waals surface area contributed by atoms with Crippen LogP contribution in [0.1, 0.15) is 50.0 Å². The van der Waals surface area contributed by atoms with Gasteiger partial charge in [-0.3, -0.25) is 9.78 Å². The van der Waals surface area contributed by atoms with Gasteiger partial charge in [0.2, 0.25) is 0 Å². The second-order valence-electron chi connectivity index (χ2n) is 5.25. The molecule has 0 saturated heterocycles. The molecule has 0 aliphatic heterocycles. The van der Waals surface area contributed by atoms with E-state index in [-0.39, 0.29) is 5.91 Å². The molecule has 1 amide bonds. The average molecular weight is 262 g/mol. The molecule has 5 nitrogen and oxygen atoms in total. The lowest BCUT2D eigenvalue weighted by Gasteiger charge is -2.13. The van der Waals surface area contributed by atoms with E-state index in [1.165, 1.54) is 19.0 Å². The van der Waals surface area contributed by atoms with Crippen molar-refractivity contribution < 1.29 is 4.79 Å². The van der Waals surface area contributed by atoms with Crippen LogP contribution >= 0.6 is 0 Å². The largest absolute Gasteiger partial charge is 0.369 e. The summed E-state index contributed by atoms with van der Waals surface area (Å²) in [6.45, 7) is 5.83. The van der Waals surface area contributed by atoms with E-state index in [9.17, 15) is 4.79 Å². The second kappa shape index (κ2) is 5.99. The first kappa shape index (κ1) is 13.8. The zero-order valence-electron chi connectivity index (χ0n) is 11.7. The van der Waals surface area contributed by atoms with Crippen molar-refractivity contribution in [1.29, 1.82) is 0 Å². The molecule has 1 aliphatic carbocycles. The van der Waals surface area contributed by atoms with Crippen LogP contribution in [0.2, 0.25) is 0 Å². The molecule has 19 heavy (non-hydrogen) atoms. The minimum atomic E-state index is -0.132. The molecule has 1 fully saturated rings. The molecule has 0 spiro atoms. The first-order chi connectivity index (χ1) is 9.19. The number of aromatic nitrogens is 2. The predicted molar refractivity (Wildman–Crippen MR) is 75.1 cm³/mol. The Hall–Kier alpha value is -1.65. The number of amides is 1. The van der Waals surface area contributed by atoms with E-state index in [2.05, 4.69) is 34.4 Å². The molecule has 0 radical (unpaired) electrons. The van der Waals surface area contributed by atoms with Crippen molar-refractivity contribution in [2.24, 2.45) is 5.41 Å². The van der Waals surface area contributed by atoms with Crippen LogP contribution in [0.15, 0.2) is 12.4 Å². The number of anilines is 1. The van der Waals surface area contributed by atoms with E-state index in [1.54, 1.807) is 6.20 Å². The molecule has 0 atom stereocenters. The van der Waals surface area contributed by atoms with Crippen LogP contribution < -0.4 is 10.6 Å². The first-order valence-electron chi connectivity index (χ1n) is 7.03. The van der Waals surface area contributed by atoms with Crippen LogP contribution in [-0.4, -0.2) is 29.0 Å². The van der Waals surface area contributed by atoms with Gasteiger partial charge in [-0.15, -0.1) is 0 Å². The third-order valence-corrected chi connectivity index (χ3v) is 3.75. The summed E-state index contributed by atoms with van der Waals surface area (Å²) in [6.07, 6.45) is 7.72. The maximum atomic E-state index is 12.0. The fourth-order valence-corrected chi connectivity index (χ4v) is 2.00. The Kier molecular flexibility index (Phi) is 4.35.